The second kappa shape index (κ2) is 7.40. The van der Waals surface area contributed by atoms with Gasteiger partial charge >= 0.3 is 0 Å². The molecule has 24 heavy (non-hydrogen) atoms. The van der Waals surface area contributed by atoms with E-state index in [0.717, 1.165) is 43.4 Å². The Balaban J connectivity index is 1.55. The largest absolute Gasteiger partial charge is 0.338 e. The van der Waals surface area contributed by atoms with Gasteiger partial charge in [0.25, 0.3) is 0 Å². The van der Waals surface area contributed by atoms with Crippen molar-refractivity contribution in [2.45, 2.75) is 19.9 Å². The standard InChI is InChI=1S/C18H23N5O/c1-14-5-3-6-16(13-14)21-17(24)15(2)22-9-11-23(12-10-22)18-19-7-4-8-20-18/h3-8,13,15H,9-12H2,1-2H3,(H,21,24)/t15-/m1/s1. The molecule has 1 saturated heterocycles. The van der Waals surface area contributed by atoms with Crippen molar-refractivity contribution in [3.05, 3.63) is 48.3 Å². The summed E-state index contributed by atoms with van der Waals surface area (Å²) in [4.78, 5) is 25.4. The number of aromatic nitrogens is 2. The summed E-state index contributed by atoms with van der Waals surface area (Å²) in [5.74, 6) is 0.791. The lowest BCUT2D eigenvalue weighted by Gasteiger charge is -2.37. The van der Waals surface area contributed by atoms with Gasteiger partial charge in [-0.1, -0.05) is 12.1 Å². The van der Waals surface area contributed by atoms with E-state index >= 15 is 0 Å². The zero-order valence-corrected chi connectivity index (χ0v) is 14.1. The molecule has 3 rings (SSSR count). The maximum Gasteiger partial charge on any atom is 0.241 e. The van der Waals surface area contributed by atoms with Crippen molar-refractivity contribution in [3.8, 4) is 0 Å². The fourth-order valence-corrected chi connectivity index (χ4v) is 2.90. The summed E-state index contributed by atoms with van der Waals surface area (Å²) < 4.78 is 0. The SMILES string of the molecule is Cc1cccc(NC(=O)[C@@H](C)N2CCN(c3ncccn3)CC2)c1. The van der Waals surface area contributed by atoms with Crippen molar-refractivity contribution in [1.29, 1.82) is 0 Å². The third-order valence-corrected chi connectivity index (χ3v) is 4.36. The quantitative estimate of drug-likeness (QED) is 0.931. The second-order valence-electron chi connectivity index (χ2n) is 6.11. The van der Waals surface area contributed by atoms with E-state index in [1.807, 2.05) is 44.2 Å². The topological polar surface area (TPSA) is 61.4 Å². The average molecular weight is 325 g/mol. The molecule has 0 aliphatic carbocycles. The predicted octanol–water partition coefficient (Wildman–Crippen LogP) is 1.93. The lowest BCUT2D eigenvalue weighted by Crippen LogP contribution is -2.53. The maximum atomic E-state index is 12.5. The molecule has 1 amide bonds. The summed E-state index contributed by atoms with van der Waals surface area (Å²) in [6, 6.07) is 9.53. The molecule has 0 saturated carbocycles. The van der Waals surface area contributed by atoms with Gasteiger partial charge in [-0.05, 0) is 37.6 Å². The van der Waals surface area contributed by atoms with Crippen LogP contribution in [0.3, 0.4) is 0 Å². The number of rotatable bonds is 4. The normalized spacial score (nSPS) is 16.7. The van der Waals surface area contributed by atoms with E-state index in [9.17, 15) is 4.79 Å². The smallest absolute Gasteiger partial charge is 0.241 e. The number of hydrogen-bond donors (Lipinski definition) is 1. The Morgan fingerprint density at radius 2 is 1.83 bits per heavy atom. The van der Waals surface area contributed by atoms with Crippen molar-refractivity contribution in [3.63, 3.8) is 0 Å². The molecule has 0 unspecified atom stereocenters. The molecule has 0 spiro atoms. The number of amides is 1. The molecule has 1 atom stereocenters. The summed E-state index contributed by atoms with van der Waals surface area (Å²) in [7, 11) is 0. The lowest BCUT2D eigenvalue weighted by atomic mass is 10.2. The first kappa shape index (κ1) is 16.4. The van der Waals surface area contributed by atoms with E-state index in [1.54, 1.807) is 12.4 Å². The molecule has 1 N–H and O–H groups in total. The lowest BCUT2D eigenvalue weighted by molar-refractivity contribution is -0.120. The van der Waals surface area contributed by atoms with Gasteiger partial charge in [0, 0.05) is 44.3 Å². The zero-order chi connectivity index (χ0) is 16.9. The highest BCUT2D eigenvalue weighted by atomic mass is 16.2. The van der Waals surface area contributed by atoms with Gasteiger partial charge in [-0.2, -0.15) is 0 Å². The number of hydrogen-bond acceptors (Lipinski definition) is 5. The van der Waals surface area contributed by atoms with Crippen LogP contribution < -0.4 is 10.2 Å². The molecule has 0 radical (unpaired) electrons. The van der Waals surface area contributed by atoms with Crippen LogP contribution in [0.15, 0.2) is 42.7 Å². The van der Waals surface area contributed by atoms with E-state index in [1.165, 1.54) is 0 Å². The molecule has 2 aromatic rings. The minimum absolute atomic E-state index is 0.0324. The molecule has 1 aromatic heterocycles. The van der Waals surface area contributed by atoms with Crippen LogP contribution in [0.2, 0.25) is 0 Å². The number of carbonyl (C=O) groups is 1. The number of piperazine rings is 1. The fourth-order valence-electron chi connectivity index (χ4n) is 2.90. The Morgan fingerprint density at radius 3 is 2.50 bits per heavy atom. The van der Waals surface area contributed by atoms with Gasteiger partial charge < -0.3 is 10.2 Å². The van der Waals surface area contributed by atoms with Crippen LogP contribution in [0.1, 0.15) is 12.5 Å². The molecule has 1 aliphatic rings. The molecular formula is C18H23N5O. The Bertz CT molecular complexity index is 683. The Morgan fingerprint density at radius 1 is 1.12 bits per heavy atom. The third-order valence-electron chi connectivity index (χ3n) is 4.36. The summed E-state index contributed by atoms with van der Waals surface area (Å²) in [5.41, 5.74) is 1.99. The molecular weight excluding hydrogens is 302 g/mol. The van der Waals surface area contributed by atoms with Gasteiger partial charge in [-0.25, -0.2) is 9.97 Å². The van der Waals surface area contributed by atoms with Crippen molar-refractivity contribution >= 4 is 17.5 Å². The Kier molecular flexibility index (Phi) is 5.05. The fraction of sp³-hybridized carbons (Fsp3) is 0.389. The van der Waals surface area contributed by atoms with Crippen LogP contribution in [-0.2, 0) is 4.79 Å². The summed E-state index contributed by atoms with van der Waals surface area (Å²) in [5, 5.41) is 3.00. The minimum Gasteiger partial charge on any atom is -0.338 e. The molecule has 1 fully saturated rings. The summed E-state index contributed by atoms with van der Waals surface area (Å²) in [6.45, 7) is 7.27. The number of aryl methyl sites for hydroxylation is 1. The Hall–Kier alpha value is -2.47. The van der Waals surface area contributed by atoms with Crippen molar-refractivity contribution in [2.24, 2.45) is 0 Å². The number of benzene rings is 1. The number of nitrogens with zero attached hydrogens (tertiary/aromatic N) is 4. The number of anilines is 2. The molecule has 1 aromatic carbocycles. The molecule has 6 nitrogen and oxygen atoms in total. The van der Waals surface area contributed by atoms with Gasteiger partial charge in [0.1, 0.15) is 0 Å². The van der Waals surface area contributed by atoms with Gasteiger partial charge in [-0.15, -0.1) is 0 Å². The number of nitrogens with one attached hydrogen (secondary N) is 1. The highest BCUT2D eigenvalue weighted by Gasteiger charge is 2.26. The molecule has 6 heteroatoms. The van der Waals surface area contributed by atoms with Crippen LogP contribution in [0.4, 0.5) is 11.6 Å². The predicted molar refractivity (Wildman–Crippen MR) is 95.1 cm³/mol. The van der Waals surface area contributed by atoms with Crippen LogP contribution in [-0.4, -0.2) is 53.0 Å². The maximum absolute atomic E-state index is 12.5. The van der Waals surface area contributed by atoms with Crippen molar-refractivity contribution in [1.82, 2.24) is 14.9 Å². The molecule has 2 heterocycles. The molecule has 1 aliphatic heterocycles. The van der Waals surface area contributed by atoms with Crippen LogP contribution in [0, 0.1) is 6.92 Å². The van der Waals surface area contributed by atoms with E-state index in [-0.39, 0.29) is 11.9 Å². The minimum atomic E-state index is -0.163. The monoisotopic (exact) mass is 325 g/mol. The van der Waals surface area contributed by atoms with Crippen LogP contribution in [0.25, 0.3) is 0 Å². The van der Waals surface area contributed by atoms with Gasteiger partial charge in [0.2, 0.25) is 11.9 Å². The third kappa shape index (κ3) is 3.89. The van der Waals surface area contributed by atoms with Crippen LogP contribution in [0.5, 0.6) is 0 Å². The van der Waals surface area contributed by atoms with Gasteiger partial charge in [0.15, 0.2) is 0 Å². The summed E-state index contributed by atoms with van der Waals surface area (Å²) in [6.07, 6.45) is 3.51. The molecule has 126 valence electrons. The van der Waals surface area contributed by atoms with Gasteiger partial charge in [0.05, 0.1) is 6.04 Å². The van der Waals surface area contributed by atoms with E-state index in [4.69, 9.17) is 0 Å². The van der Waals surface area contributed by atoms with Crippen molar-refractivity contribution in [2.75, 3.05) is 36.4 Å². The highest BCUT2D eigenvalue weighted by molar-refractivity contribution is 5.94. The van der Waals surface area contributed by atoms with Crippen molar-refractivity contribution < 1.29 is 4.79 Å². The van der Waals surface area contributed by atoms with Crippen LogP contribution >= 0.6 is 0 Å². The molecule has 0 bridgehead atoms. The van der Waals surface area contributed by atoms with Gasteiger partial charge in [-0.3, -0.25) is 9.69 Å². The van der Waals surface area contributed by atoms with E-state index < -0.39 is 0 Å². The first-order valence-electron chi connectivity index (χ1n) is 8.27. The summed E-state index contributed by atoms with van der Waals surface area (Å²) >= 11 is 0. The zero-order valence-electron chi connectivity index (χ0n) is 14.1. The first-order valence-corrected chi connectivity index (χ1v) is 8.27. The van der Waals surface area contributed by atoms with E-state index in [2.05, 4.69) is 25.1 Å². The highest BCUT2D eigenvalue weighted by Crippen LogP contribution is 2.14. The average Bonchev–Trinajstić information content (AvgIpc) is 2.62. The first-order chi connectivity index (χ1) is 11.6. The second-order valence-corrected chi connectivity index (χ2v) is 6.11. The van der Waals surface area contributed by atoms with E-state index in [0.29, 0.717) is 0 Å². The number of carbonyl (C=O) groups excluding carboxylic acids is 1. The Labute approximate surface area is 142 Å².